The number of benzene rings is 3. The van der Waals surface area contributed by atoms with Crippen LogP contribution in [0.5, 0.6) is 5.75 Å². The van der Waals surface area contributed by atoms with Gasteiger partial charge in [0.2, 0.25) is 11.8 Å². The number of nitrogens with one attached hydrogen (secondary N) is 1. The lowest BCUT2D eigenvalue weighted by Gasteiger charge is -2.21. The lowest BCUT2D eigenvalue weighted by atomic mass is 10.1. The Kier molecular flexibility index (Phi) is 4.98. The third kappa shape index (κ3) is 3.69. The number of hydrogen-bond donors (Lipinski definition) is 2. The van der Waals surface area contributed by atoms with Gasteiger partial charge in [0, 0.05) is 53.9 Å². The van der Waals surface area contributed by atoms with E-state index in [-0.39, 0.29) is 24.0 Å². The van der Waals surface area contributed by atoms with Gasteiger partial charge in [-0.1, -0.05) is 24.3 Å². The largest absolute Gasteiger partial charge is 0.507 e. The van der Waals surface area contributed by atoms with E-state index in [9.17, 15) is 14.7 Å². The summed E-state index contributed by atoms with van der Waals surface area (Å²) >= 11 is 0. The summed E-state index contributed by atoms with van der Waals surface area (Å²) in [6.07, 6.45) is 2.63. The number of carbonyl (C=O) groups excluding carboxylic acids is 2. The SMILES string of the molecule is O=C(Nc1cccc2c(O)cccc12)C1CC(=O)N(c2ccc(N3CCCC3)cc2)C1. The average molecular weight is 415 g/mol. The molecule has 2 amide bonds. The summed E-state index contributed by atoms with van der Waals surface area (Å²) in [5.41, 5.74) is 2.65. The van der Waals surface area contributed by atoms with Gasteiger partial charge in [-0.3, -0.25) is 9.59 Å². The van der Waals surface area contributed by atoms with Gasteiger partial charge < -0.3 is 20.2 Å². The van der Waals surface area contributed by atoms with E-state index in [1.54, 1.807) is 23.1 Å². The first-order chi connectivity index (χ1) is 15.1. The van der Waals surface area contributed by atoms with Crippen LogP contribution in [0.2, 0.25) is 0 Å². The Labute approximate surface area is 181 Å². The van der Waals surface area contributed by atoms with Crippen molar-refractivity contribution < 1.29 is 14.7 Å². The zero-order valence-corrected chi connectivity index (χ0v) is 17.3. The molecule has 6 heteroatoms. The topological polar surface area (TPSA) is 72.9 Å². The fraction of sp³-hybridized carbons (Fsp3) is 0.280. The van der Waals surface area contributed by atoms with E-state index in [0.717, 1.165) is 24.2 Å². The number of fused-ring (bicyclic) bond motifs is 1. The van der Waals surface area contributed by atoms with Gasteiger partial charge in [-0.25, -0.2) is 0 Å². The van der Waals surface area contributed by atoms with Gasteiger partial charge in [-0.05, 0) is 49.2 Å². The van der Waals surface area contributed by atoms with Crippen molar-refractivity contribution in [3.05, 3.63) is 60.7 Å². The van der Waals surface area contributed by atoms with Gasteiger partial charge in [-0.15, -0.1) is 0 Å². The fourth-order valence-corrected chi connectivity index (χ4v) is 4.59. The van der Waals surface area contributed by atoms with Gasteiger partial charge in [0.1, 0.15) is 5.75 Å². The van der Waals surface area contributed by atoms with E-state index in [1.807, 2.05) is 30.3 Å². The summed E-state index contributed by atoms with van der Waals surface area (Å²) in [6, 6.07) is 18.7. The van der Waals surface area contributed by atoms with Crippen LogP contribution < -0.4 is 15.1 Å². The van der Waals surface area contributed by atoms with Gasteiger partial charge in [0.05, 0.1) is 5.92 Å². The monoisotopic (exact) mass is 415 g/mol. The highest BCUT2D eigenvalue weighted by atomic mass is 16.3. The Bertz CT molecular complexity index is 1140. The first-order valence-corrected chi connectivity index (χ1v) is 10.8. The van der Waals surface area contributed by atoms with Crippen LogP contribution in [0.25, 0.3) is 10.8 Å². The molecule has 6 nitrogen and oxygen atoms in total. The molecule has 1 atom stereocenters. The summed E-state index contributed by atoms with van der Waals surface area (Å²) in [5.74, 6) is -0.462. The Morgan fingerprint density at radius 2 is 1.58 bits per heavy atom. The minimum atomic E-state index is -0.418. The van der Waals surface area contributed by atoms with Gasteiger partial charge in [0.25, 0.3) is 0 Å². The molecule has 2 heterocycles. The van der Waals surface area contributed by atoms with Crippen molar-refractivity contribution in [2.75, 3.05) is 34.8 Å². The van der Waals surface area contributed by atoms with Crippen LogP contribution in [-0.4, -0.2) is 36.6 Å². The van der Waals surface area contributed by atoms with Crippen LogP contribution >= 0.6 is 0 Å². The maximum atomic E-state index is 12.9. The molecule has 3 aromatic rings. The molecular weight excluding hydrogens is 390 g/mol. The molecule has 2 saturated heterocycles. The summed E-state index contributed by atoms with van der Waals surface area (Å²) in [7, 11) is 0. The molecule has 3 aromatic carbocycles. The summed E-state index contributed by atoms with van der Waals surface area (Å²) in [6.45, 7) is 2.52. The second-order valence-corrected chi connectivity index (χ2v) is 8.28. The Hall–Kier alpha value is -3.54. The van der Waals surface area contributed by atoms with E-state index in [4.69, 9.17) is 0 Å². The smallest absolute Gasteiger partial charge is 0.229 e. The van der Waals surface area contributed by atoms with Crippen LogP contribution in [0.3, 0.4) is 0 Å². The predicted molar refractivity (Wildman–Crippen MR) is 123 cm³/mol. The number of aromatic hydroxyl groups is 1. The number of rotatable bonds is 4. The number of nitrogens with zero attached hydrogens (tertiary/aromatic N) is 2. The molecule has 0 bridgehead atoms. The Morgan fingerprint density at radius 1 is 0.903 bits per heavy atom. The fourth-order valence-electron chi connectivity index (χ4n) is 4.59. The highest BCUT2D eigenvalue weighted by Gasteiger charge is 2.35. The first-order valence-electron chi connectivity index (χ1n) is 10.8. The van der Waals surface area contributed by atoms with Crippen molar-refractivity contribution in [1.29, 1.82) is 0 Å². The lowest BCUT2D eigenvalue weighted by Crippen LogP contribution is -2.28. The molecule has 0 spiro atoms. The maximum Gasteiger partial charge on any atom is 0.229 e. The second-order valence-electron chi connectivity index (χ2n) is 8.28. The van der Waals surface area contributed by atoms with Crippen molar-refractivity contribution in [1.82, 2.24) is 0 Å². The molecule has 0 aliphatic carbocycles. The van der Waals surface area contributed by atoms with Gasteiger partial charge in [0.15, 0.2) is 0 Å². The van der Waals surface area contributed by atoms with Gasteiger partial charge >= 0.3 is 0 Å². The van der Waals surface area contributed by atoms with Crippen LogP contribution in [0.4, 0.5) is 17.1 Å². The van der Waals surface area contributed by atoms with E-state index >= 15 is 0 Å². The minimum absolute atomic E-state index is 0.0374. The molecular formula is C25H25N3O3. The molecule has 2 N–H and O–H groups in total. The standard InChI is InChI=1S/C25H25N3O3/c29-23-8-4-5-20-21(23)6-3-7-22(20)26-25(31)17-15-24(30)28(16-17)19-11-9-18(10-12-19)27-13-1-2-14-27/h3-12,17,29H,1-2,13-16H2,(H,26,31). The van der Waals surface area contributed by atoms with Crippen molar-refractivity contribution >= 4 is 39.6 Å². The van der Waals surface area contributed by atoms with Crippen molar-refractivity contribution in [3.8, 4) is 5.75 Å². The molecule has 158 valence electrons. The van der Waals surface area contributed by atoms with E-state index in [2.05, 4.69) is 22.3 Å². The maximum absolute atomic E-state index is 12.9. The van der Waals surface area contributed by atoms with Crippen molar-refractivity contribution in [2.24, 2.45) is 5.92 Å². The average Bonchev–Trinajstić information content (AvgIpc) is 3.45. The van der Waals surface area contributed by atoms with Gasteiger partial charge in [-0.2, -0.15) is 0 Å². The van der Waals surface area contributed by atoms with Crippen LogP contribution in [0, 0.1) is 5.92 Å². The molecule has 2 aliphatic rings. The summed E-state index contributed by atoms with van der Waals surface area (Å²) < 4.78 is 0. The number of phenolic OH excluding ortho intramolecular Hbond substituents is 1. The third-order valence-electron chi connectivity index (χ3n) is 6.29. The van der Waals surface area contributed by atoms with Crippen LogP contribution in [0.1, 0.15) is 19.3 Å². The molecule has 0 aromatic heterocycles. The number of anilines is 3. The predicted octanol–water partition coefficient (Wildman–Crippen LogP) is 4.14. The van der Waals surface area contributed by atoms with E-state index in [0.29, 0.717) is 17.6 Å². The molecule has 0 saturated carbocycles. The zero-order chi connectivity index (χ0) is 21.4. The molecule has 31 heavy (non-hydrogen) atoms. The lowest BCUT2D eigenvalue weighted by molar-refractivity contribution is -0.122. The zero-order valence-electron chi connectivity index (χ0n) is 17.3. The van der Waals surface area contributed by atoms with Crippen LogP contribution in [-0.2, 0) is 9.59 Å². The van der Waals surface area contributed by atoms with Crippen molar-refractivity contribution in [2.45, 2.75) is 19.3 Å². The van der Waals surface area contributed by atoms with E-state index in [1.165, 1.54) is 18.5 Å². The molecule has 1 unspecified atom stereocenters. The number of phenols is 1. The minimum Gasteiger partial charge on any atom is -0.507 e. The highest BCUT2D eigenvalue weighted by molar-refractivity contribution is 6.07. The Balaban J connectivity index is 1.30. The number of hydrogen-bond acceptors (Lipinski definition) is 4. The Morgan fingerprint density at radius 3 is 2.35 bits per heavy atom. The van der Waals surface area contributed by atoms with E-state index < -0.39 is 5.92 Å². The van der Waals surface area contributed by atoms with Crippen molar-refractivity contribution in [3.63, 3.8) is 0 Å². The molecule has 2 aliphatic heterocycles. The number of carbonyl (C=O) groups is 2. The normalized spacial score (nSPS) is 18.7. The number of amides is 2. The van der Waals surface area contributed by atoms with Crippen LogP contribution in [0.15, 0.2) is 60.7 Å². The third-order valence-corrected chi connectivity index (χ3v) is 6.29. The molecule has 0 radical (unpaired) electrons. The first kappa shape index (κ1) is 19.4. The summed E-state index contributed by atoms with van der Waals surface area (Å²) in [4.78, 5) is 29.6. The quantitative estimate of drug-likeness (QED) is 0.672. The highest BCUT2D eigenvalue weighted by Crippen LogP contribution is 2.32. The second kappa shape index (κ2) is 7.95. The molecule has 5 rings (SSSR count). The molecule has 2 fully saturated rings. The summed E-state index contributed by atoms with van der Waals surface area (Å²) in [5, 5.41) is 14.5.